The fourth-order valence-corrected chi connectivity index (χ4v) is 2.39. The van der Waals surface area contributed by atoms with Crippen molar-refractivity contribution in [2.45, 2.75) is 19.8 Å². The lowest BCUT2D eigenvalue weighted by Gasteiger charge is -2.09. The molecule has 0 unspecified atom stereocenters. The molecule has 0 atom stereocenters. The third-order valence-electron chi connectivity index (χ3n) is 3.69. The molecule has 8 nitrogen and oxygen atoms in total. The van der Waals surface area contributed by atoms with E-state index in [0.717, 1.165) is 11.6 Å². The van der Waals surface area contributed by atoms with Crippen LogP contribution in [0.3, 0.4) is 0 Å². The van der Waals surface area contributed by atoms with Gasteiger partial charge in [-0.05, 0) is 35.7 Å². The van der Waals surface area contributed by atoms with E-state index in [9.17, 15) is 19.7 Å². The maximum atomic E-state index is 11.8. The highest BCUT2D eigenvalue weighted by Gasteiger charge is 2.15. The number of nitro groups is 1. The molecule has 0 bridgehead atoms. The summed E-state index contributed by atoms with van der Waals surface area (Å²) in [6, 6.07) is 11.1. The zero-order valence-electron chi connectivity index (χ0n) is 15.3. The van der Waals surface area contributed by atoms with Crippen molar-refractivity contribution < 1.29 is 24.0 Å². The van der Waals surface area contributed by atoms with Crippen LogP contribution in [0.4, 0.5) is 11.4 Å². The van der Waals surface area contributed by atoms with Crippen LogP contribution < -0.4 is 10.1 Å². The van der Waals surface area contributed by atoms with Crippen LogP contribution in [-0.4, -0.2) is 30.0 Å². The molecule has 0 fully saturated rings. The second kappa shape index (κ2) is 9.70. The standard InChI is InChI=1S/C19H19ClN2O6/c1-12(2)13-3-6-15(7-4-13)27-11-19(24)28-10-18(23)21-14-5-8-16(20)17(9-14)22(25)26/h3-9,12H,10-11H2,1-2H3,(H,21,23). The highest BCUT2D eigenvalue weighted by molar-refractivity contribution is 6.32. The van der Waals surface area contributed by atoms with Gasteiger partial charge in [-0.1, -0.05) is 37.6 Å². The Hall–Kier alpha value is -3.13. The number of nitro benzene ring substituents is 1. The average molecular weight is 407 g/mol. The molecule has 0 heterocycles. The second-order valence-corrected chi connectivity index (χ2v) is 6.55. The number of nitrogens with zero attached hydrogens (tertiary/aromatic N) is 1. The van der Waals surface area contributed by atoms with E-state index in [2.05, 4.69) is 19.2 Å². The SMILES string of the molecule is CC(C)c1ccc(OCC(=O)OCC(=O)Nc2ccc(Cl)c([N+](=O)[O-])c2)cc1. The maximum Gasteiger partial charge on any atom is 0.344 e. The first-order valence-corrected chi connectivity index (χ1v) is 8.76. The number of nitrogens with one attached hydrogen (secondary N) is 1. The number of hydrogen-bond acceptors (Lipinski definition) is 6. The van der Waals surface area contributed by atoms with Gasteiger partial charge in [0.2, 0.25) is 0 Å². The van der Waals surface area contributed by atoms with E-state index >= 15 is 0 Å². The van der Waals surface area contributed by atoms with Crippen molar-refractivity contribution in [3.05, 3.63) is 63.2 Å². The lowest BCUT2D eigenvalue weighted by Crippen LogP contribution is -2.23. The van der Waals surface area contributed by atoms with Crippen molar-refractivity contribution >= 4 is 34.9 Å². The molecule has 0 aliphatic heterocycles. The van der Waals surface area contributed by atoms with Crippen LogP contribution in [0.5, 0.6) is 5.75 Å². The zero-order valence-corrected chi connectivity index (χ0v) is 16.1. The molecular weight excluding hydrogens is 388 g/mol. The third-order valence-corrected chi connectivity index (χ3v) is 4.01. The van der Waals surface area contributed by atoms with E-state index in [1.807, 2.05) is 12.1 Å². The average Bonchev–Trinajstić information content (AvgIpc) is 2.66. The molecule has 2 rings (SSSR count). The minimum Gasteiger partial charge on any atom is -0.482 e. The Balaban J connectivity index is 1.78. The molecule has 0 saturated heterocycles. The normalized spacial score (nSPS) is 10.4. The van der Waals surface area contributed by atoms with Crippen molar-refractivity contribution in [3.8, 4) is 5.75 Å². The van der Waals surface area contributed by atoms with E-state index in [-0.39, 0.29) is 23.0 Å². The van der Waals surface area contributed by atoms with Gasteiger partial charge in [-0.25, -0.2) is 4.79 Å². The van der Waals surface area contributed by atoms with E-state index in [1.165, 1.54) is 12.1 Å². The maximum absolute atomic E-state index is 11.8. The van der Waals surface area contributed by atoms with Gasteiger partial charge in [-0.3, -0.25) is 14.9 Å². The van der Waals surface area contributed by atoms with Crippen LogP contribution in [0, 0.1) is 10.1 Å². The van der Waals surface area contributed by atoms with Crippen LogP contribution in [0.1, 0.15) is 25.3 Å². The number of esters is 1. The van der Waals surface area contributed by atoms with Gasteiger partial charge in [-0.15, -0.1) is 0 Å². The van der Waals surface area contributed by atoms with Gasteiger partial charge in [0.1, 0.15) is 10.8 Å². The van der Waals surface area contributed by atoms with Crippen molar-refractivity contribution in [1.29, 1.82) is 0 Å². The molecule has 1 amide bonds. The molecule has 1 N–H and O–H groups in total. The minimum atomic E-state index is -0.717. The van der Waals surface area contributed by atoms with E-state index in [0.29, 0.717) is 11.7 Å². The molecular formula is C19H19ClN2O6. The van der Waals surface area contributed by atoms with Crippen molar-refractivity contribution in [1.82, 2.24) is 0 Å². The summed E-state index contributed by atoms with van der Waals surface area (Å²) in [5.74, 6) is -0.463. The molecule has 0 aliphatic carbocycles. The first-order chi connectivity index (χ1) is 13.3. The summed E-state index contributed by atoms with van der Waals surface area (Å²) >= 11 is 5.70. The first kappa shape index (κ1) is 21.2. The van der Waals surface area contributed by atoms with Crippen LogP contribution >= 0.6 is 11.6 Å². The first-order valence-electron chi connectivity index (χ1n) is 8.38. The Kier molecular flexibility index (Phi) is 7.34. The molecule has 0 aliphatic rings. The van der Waals surface area contributed by atoms with Gasteiger partial charge < -0.3 is 14.8 Å². The fourth-order valence-electron chi connectivity index (χ4n) is 2.21. The van der Waals surface area contributed by atoms with Gasteiger partial charge in [0.05, 0.1) is 4.92 Å². The summed E-state index contributed by atoms with van der Waals surface area (Å²) in [4.78, 5) is 33.7. The smallest absolute Gasteiger partial charge is 0.344 e. The molecule has 0 aromatic heterocycles. The number of carbonyl (C=O) groups is 2. The summed E-state index contributed by atoms with van der Waals surface area (Å²) in [6.07, 6.45) is 0. The number of ether oxygens (including phenoxy) is 2. The Labute approximate surface area is 166 Å². The van der Waals surface area contributed by atoms with E-state index in [4.69, 9.17) is 21.1 Å². The Morgan fingerprint density at radius 2 is 1.82 bits per heavy atom. The monoisotopic (exact) mass is 406 g/mol. The van der Waals surface area contributed by atoms with Crippen LogP contribution in [0.2, 0.25) is 5.02 Å². The molecule has 0 radical (unpaired) electrons. The Morgan fingerprint density at radius 3 is 2.43 bits per heavy atom. The van der Waals surface area contributed by atoms with E-state index < -0.39 is 23.4 Å². The Bertz CT molecular complexity index is 867. The second-order valence-electron chi connectivity index (χ2n) is 6.14. The highest BCUT2D eigenvalue weighted by atomic mass is 35.5. The molecule has 2 aromatic carbocycles. The van der Waals surface area contributed by atoms with Gasteiger partial charge in [-0.2, -0.15) is 0 Å². The van der Waals surface area contributed by atoms with Crippen molar-refractivity contribution in [2.24, 2.45) is 0 Å². The predicted octanol–water partition coefficient (Wildman–Crippen LogP) is 3.93. The number of carbonyl (C=O) groups excluding carboxylic acids is 2. The summed E-state index contributed by atoms with van der Waals surface area (Å²) in [5, 5.41) is 13.2. The Morgan fingerprint density at radius 1 is 1.14 bits per heavy atom. The largest absolute Gasteiger partial charge is 0.482 e. The fraction of sp³-hybridized carbons (Fsp3) is 0.263. The number of hydrogen-bond donors (Lipinski definition) is 1. The summed E-state index contributed by atoms with van der Waals surface area (Å²) in [6.45, 7) is 3.24. The summed E-state index contributed by atoms with van der Waals surface area (Å²) < 4.78 is 10.1. The highest BCUT2D eigenvalue weighted by Crippen LogP contribution is 2.27. The van der Waals surface area contributed by atoms with Crippen molar-refractivity contribution in [2.75, 3.05) is 18.5 Å². The number of rotatable bonds is 8. The van der Waals surface area contributed by atoms with Crippen LogP contribution in [0.25, 0.3) is 0 Å². The van der Waals surface area contributed by atoms with Crippen LogP contribution in [0.15, 0.2) is 42.5 Å². The van der Waals surface area contributed by atoms with Gasteiger partial charge in [0, 0.05) is 11.8 Å². The lowest BCUT2D eigenvalue weighted by molar-refractivity contribution is -0.384. The number of amides is 1. The topological polar surface area (TPSA) is 108 Å². The van der Waals surface area contributed by atoms with Crippen LogP contribution in [-0.2, 0) is 14.3 Å². The van der Waals surface area contributed by atoms with Gasteiger partial charge in [0.25, 0.3) is 11.6 Å². The molecule has 28 heavy (non-hydrogen) atoms. The molecule has 2 aromatic rings. The molecule has 9 heteroatoms. The number of benzene rings is 2. The summed E-state index contributed by atoms with van der Waals surface area (Å²) in [7, 11) is 0. The molecule has 0 saturated carbocycles. The molecule has 148 valence electrons. The summed E-state index contributed by atoms with van der Waals surface area (Å²) in [5.41, 5.74) is 0.973. The lowest BCUT2D eigenvalue weighted by atomic mass is 10.0. The zero-order chi connectivity index (χ0) is 20.7. The van der Waals surface area contributed by atoms with E-state index in [1.54, 1.807) is 12.1 Å². The number of halogens is 1. The minimum absolute atomic E-state index is 0.0481. The van der Waals surface area contributed by atoms with Gasteiger partial charge in [0.15, 0.2) is 13.2 Å². The number of anilines is 1. The quantitative estimate of drug-likeness (QED) is 0.404. The molecule has 0 spiro atoms. The van der Waals surface area contributed by atoms with Gasteiger partial charge >= 0.3 is 5.97 Å². The third kappa shape index (κ3) is 6.24. The van der Waals surface area contributed by atoms with Crippen molar-refractivity contribution in [3.63, 3.8) is 0 Å². The predicted molar refractivity (Wildman–Crippen MR) is 104 cm³/mol.